The van der Waals surface area contributed by atoms with E-state index in [1.807, 2.05) is 36.2 Å². The van der Waals surface area contributed by atoms with Crippen molar-refractivity contribution in [1.29, 1.82) is 0 Å². The SMILES string of the molecule is CC(C)CN(C)c1ccc(CNC(=O)N(Cc2ccc(F)cn2)[C@H]2CCN(C)C[C@H]2F)cc1. The predicted octanol–water partition coefficient (Wildman–Crippen LogP) is 4.07. The van der Waals surface area contributed by atoms with Crippen LogP contribution in [0.4, 0.5) is 19.3 Å². The third-order valence-electron chi connectivity index (χ3n) is 5.95. The molecule has 1 aromatic carbocycles. The lowest BCUT2D eigenvalue weighted by molar-refractivity contribution is 0.0566. The number of rotatable bonds is 8. The van der Waals surface area contributed by atoms with Gasteiger partial charge < -0.3 is 20.0 Å². The summed E-state index contributed by atoms with van der Waals surface area (Å²) < 4.78 is 28.2. The number of benzene rings is 1. The predicted molar refractivity (Wildman–Crippen MR) is 127 cm³/mol. The molecule has 2 heterocycles. The Bertz CT molecular complexity index is 891. The van der Waals surface area contributed by atoms with Gasteiger partial charge in [0.05, 0.1) is 24.5 Å². The molecule has 0 radical (unpaired) electrons. The van der Waals surface area contributed by atoms with Crippen LogP contribution in [0.1, 0.15) is 31.5 Å². The first-order chi connectivity index (χ1) is 15.7. The van der Waals surface area contributed by atoms with Crippen LogP contribution in [-0.4, -0.2) is 66.8 Å². The van der Waals surface area contributed by atoms with Gasteiger partial charge in [-0.2, -0.15) is 0 Å². The summed E-state index contributed by atoms with van der Waals surface area (Å²) in [6.07, 6.45) is 0.485. The fourth-order valence-electron chi connectivity index (χ4n) is 4.21. The zero-order valence-electron chi connectivity index (χ0n) is 20.0. The molecule has 1 N–H and O–H groups in total. The molecule has 1 aromatic heterocycles. The zero-order chi connectivity index (χ0) is 24.0. The fourth-order valence-corrected chi connectivity index (χ4v) is 4.21. The van der Waals surface area contributed by atoms with Crippen molar-refractivity contribution in [3.8, 4) is 0 Å². The molecular formula is C25H35F2N5O. The van der Waals surface area contributed by atoms with E-state index in [4.69, 9.17) is 0 Å². The molecule has 2 amide bonds. The maximum atomic E-state index is 14.9. The number of likely N-dealkylation sites (tertiary alicyclic amines) is 1. The van der Waals surface area contributed by atoms with Gasteiger partial charge >= 0.3 is 6.03 Å². The third-order valence-corrected chi connectivity index (χ3v) is 5.95. The Hall–Kier alpha value is -2.74. The van der Waals surface area contributed by atoms with Gasteiger partial charge in [-0.1, -0.05) is 26.0 Å². The molecule has 6 nitrogen and oxygen atoms in total. The number of pyridine rings is 1. The highest BCUT2D eigenvalue weighted by Gasteiger charge is 2.35. The van der Waals surface area contributed by atoms with Gasteiger partial charge in [0.15, 0.2) is 0 Å². The first kappa shape index (κ1) is 24.9. The summed E-state index contributed by atoms with van der Waals surface area (Å²) >= 11 is 0. The van der Waals surface area contributed by atoms with E-state index in [1.54, 1.807) is 0 Å². The molecule has 1 fully saturated rings. The topological polar surface area (TPSA) is 51.7 Å². The van der Waals surface area contributed by atoms with Gasteiger partial charge in [-0.3, -0.25) is 4.98 Å². The second kappa shape index (κ2) is 11.4. The van der Waals surface area contributed by atoms with Crippen molar-refractivity contribution in [3.05, 3.63) is 59.7 Å². The number of aromatic nitrogens is 1. The monoisotopic (exact) mass is 459 g/mol. The van der Waals surface area contributed by atoms with E-state index in [9.17, 15) is 13.6 Å². The van der Waals surface area contributed by atoms with Crippen molar-refractivity contribution in [3.63, 3.8) is 0 Å². The standard InChI is InChI=1S/C25H35F2N5O/c1-18(2)15-31(4)22-9-5-19(6-10-22)13-29-25(33)32(16-21-8-7-20(26)14-28-21)24-11-12-30(3)17-23(24)27/h5-10,14,18,23-24H,11-13,15-17H2,1-4H3,(H,29,33)/t23-,24+/m1/s1. The van der Waals surface area contributed by atoms with E-state index in [1.165, 1.54) is 17.0 Å². The van der Waals surface area contributed by atoms with Crippen molar-refractivity contribution in [1.82, 2.24) is 20.1 Å². The normalized spacial score (nSPS) is 18.9. The number of alkyl halides is 1. The van der Waals surface area contributed by atoms with Gasteiger partial charge in [0.25, 0.3) is 0 Å². The number of amides is 2. The molecule has 2 atom stereocenters. The lowest BCUT2D eigenvalue weighted by Crippen LogP contribution is -2.55. The lowest BCUT2D eigenvalue weighted by atomic mass is 10.0. The van der Waals surface area contributed by atoms with E-state index in [0.29, 0.717) is 31.1 Å². The summed E-state index contributed by atoms with van der Waals surface area (Å²) in [6, 6.07) is 10.00. The summed E-state index contributed by atoms with van der Waals surface area (Å²) in [5, 5.41) is 2.93. The van der Waals surface area contributed by atoms with Crippen LogP contribution in [0.25, 0.3) is 0 Å². The van der Waals surface area contributed by atoms with E-state index >= 15 is 0 Å². The number of carbonyl (C=O) groups is 1. The highest BCUT2D eigenvalue weighted by molar-refractivity contribution is 5.74. The molecule has 180 valence electrons. The summed E-state index contributed by atoms with van der Waals surface area (Å²) in [7, 11) is 3.93. The van der Waals surface area contributed by atoms with E-state index in [0.717, 1.165) is 24.0 Å². The molecule has 33 heavy (non-hydrogen) atoms. The number of hydrogen-bond donors (Lipinski definition) is 1. The molecule has 1 saturated heterocycles. The average molecular weight is 460 g/mol. The summed E-state index contributed by atoms with van der Waals surface area (Å²) in [6.45, 7) is 6.76. The first-order valence-corrected chi connectivity index (χ1v) is 11.5. The smallest absolute Gasteiger partial charge is 0.318 e. The Kier molecular flexibility index (Phi) is 8.61. The number of nitrogens with zero attached hydrogens (tertiary/aromatic N) is 4. The molecule has 1 aliphatic heterocycles. The van der Waals surface area contributed by atoms with Crippen molar-refractivity contribution in [2.45, 2.75) is 45.6 Å². The van der Waals surface area contributed by atoms with Gasteiger partial charge in [-0.05, 0) is 49.2 Å². The second-order valence-electron chi connectivity index (χ2n) is 9.33. The number of hydrogen-bond acceptors (Lipinski definition) is 4. The van der Waals surface area contributed by atoms with Crippen LogP contribution < -0.4 is 10.2 Å². The minimum atomic E-state index is -1.16. The van der Waals surface area contributed by atoms with E-state index in [-0.39, 0.29) is 19.1 Å². The Labute approximate surface area is 195 Å². The minimum Gasteiger partial charge on any atom is -0.374 e. The Morgan fingerprint density at radius 2 is 1.97 bits per heavy atom. The largest absolute Gasteiger partial charge is 0.374 e. The van der Waals surface area contributed by atoms with Crippen molar-refractivity contribution in [2.75, 3.05) is 38.6 Å². The number of anilines is 1. The average Bonchev–Trinajstić information content (AvgIpc) is 2.77. The molecular weight excluding hydrogens is 424 g/mol. The van der Waals surface area contributed by atoms with Gasteiger partial charge in [-0.25, -0.2) is 13.6 Å². The number of nitrogens with one attached hydrogen (secondary N) is 1. The maximum Gasteiger partial charge on any atom is 0.318 e. The maximum absolute atomic E-state index is 14.9. The van der Waals surface area contributed by atoms with Crippen molar-refractivity contribution < 1.29 is 13.6 Å². The van der Waals surface area contributed by atoms with Crippen LogP contribution in [-0.2, 0) is 13.1 Å². The molecule has 0 saturated carbocycles. The number of piperidine rings is 1. The van der Waals surface area contributed by atoms with Crippen molar-refractivity contribution in [2.24, 2.45) is 5.92 Å². The molecule has 3 rings (SSSR count). The lowest BCUT2D eigenvalue weighted by Gasteiger charge is -2.39. The highest BCUT2D eigenvalue weighted by Crippen LogP contribution is 2.21. The van der Waals surface area contributed by atoms with Crippen LogP contribution in [0, 0.1) is 11.7 Å². The second-order valence-corrected chi connectivity index (χ2v) is 9.33. The minimum absolute atomic E-state index is 0.125. The Morgan fingerprint density at radius 1 is 1.24 bits per heavy atom. The summed E-state index contributed by atoms with van der Waals surface area (Å²) in [5.41, 5.74) is 2.61. The zero-order valence-corrected chi connectivity index (χ0v) is 20.0. The molecule has 0 spiro atoms. The summed E-state index contributed by atoms with van der Waals surface area (Å²) in [5.74, 6) is 0.120. The van der Waals surface area contributed by atoms with Gasteiger partial charge in [0, 0.05) is 38.9 Å². The van der Waals surface area contributed by atoms with Crippen LogP contribution in [0.15, 0.2) is 42.6 Å². The van der Waals surface area contributed by atoms with E-state index < -0.39 is 18.0 Å². The van der Waals surface area contributed by atoms with Crippen molar-refractivity contribution >= 4 is 11.7 Å². The number of halogens is 2. The molecule has 0 bridgehead atoms. The molecule has 8 heteroatoms. The Morgan fingerprint density at radius 3 is 2.58 bits per heavy atom. The van der Waals surface area contributed by atoms with Gasteiger partial charge in [0.1, 0.15) is 12.0 Å². The number of urea groups is 1. The van der Waals surface area contributed by atoms with Crippen LogP contribution in [0.3, 0.4) is 0 Å². The number of carbonyl (C=O) groups excluding carboxylic acids is 1. The quantitative estimate of drug-likeness (QED) is 0.647. The Balaban J connectivity index is 1.67. The first-order valence-electron chi connectivity index (χ1n) is 11.5. The molecule has 0 aliphatic carbocycles. The van der Waals surface area contributed by atoms with Crippen LogP contribution >= 0.6 is 0 Å². The highest BCUT2D eigenvalue weighted by atomic mass is 19.1. The molecule has 2 aromatic rings. The van der Waals surface area contributed by atoms with Gasteiger partial charge in [-0.15, -0.1) is 0 Å². The van der Waals surface area contributed by atoms with Crippen LogP contribution in [0.2, 0.25) is 0 Å². The summed E-state index contributed by atoms with van der Waals surface area (Å²) in [4.78, 5) is 22.8. The molecule has 0 unspecified atom stereocenters. The van der Waals surface area contributed by atoms with Crippen LogP contribution in [0.5, 0.6) is 0 Å². The molecule has 1 aliphatic rings. The van der Waals surface area contributed by atoms with E-state index in [2.05, 4.69) is 36.1 Å². The third kappa shape index (κ3) is 7.12. The fraction of sp³-hybridized carbons (Fsp3) is 0.520. The van der Waals surface area contributed by atoms with Gasteiger partial charge in [0.2, 0.25) is 0 Å².